The Balaban J connectivity index is 2.36. The van der Waals surface area contributed by atoms with Gasteiger partial charge in [-0.2, -0.15) is 0 Å². The summed E-state index contributed by atoms with van der Waals surface area (Å²) < 4.78 is 11.3. The lowest BCUT2D eigenvalue weighted by molar-refractivity contribution is -0.104. The monoisotopic (exact) mass is 206 g/mol. The van der Waals surface area contributed by atoms with E-state index in [2.05, 4.69) is 24.3 Å². The largest absolute Gasteiger partial charge is 0.378 e. The van der Waals surface area contributed by atoms with Gasteiger partial charge in [-0.05, 0) is 24.8 Å². The van der Waals surface area contributed by atoms with E-state index in [9.17, 15) is 0 Å². The average Bonchev–Trinajstić information content (AvgIpc) is 2.74. The van der Waals surface area contributed by atoms with Crippen LogP contribution in [0.2, 0.25) is 0 Å². The van der Waals surface area contributed by atoms with Gasteiger partial charge < -0.3 is 9.47 Å². The summed E-state index contributed by atoms with van der Waals surface area (Å²) in [6.45, 7) is 0. The van der Waals surface area contributed by atoms with E-state index in [1.807, 2.05) is 6.07 Å². The molecule has 0 spiro atoms. The SMILES string of the molecule is COC1CCCC1(OC)c1ccccc1. The minimum Gasteiger partial charge on any atom is -0.378 e. The molecule has 0 aliphatic heterocycles. The molecule has 1 aliphatic rings. The molecular weight excluding hydrogens is 188 g/mol. The molecule has 0 aromatic heterocycles. The van der Waals surface area contributed by atoms with Crippen molar-refractivity contribution >= 4 is 0 Å². The van der Waals surface area contributed by atoms with Crippen LogP contribution in [0.4, 0.5) is 0 Å². The van der Waals surface area contributed by atoms with E-state index in [1.54, 1.807) is 14.2 Å². The summed E-state index contributed by atoms with van der Waals surface area (Å²) in [4.78, 5) is 0. The van der Waals surface area contributed by atoms with Crippen molar-refractivity contribution in [3.05, 3.63) is 35.9 Å². The molecule has 2 atom stereocenters. The topological polar surface area (TPSA) is 18.5 Å². The Morgan fingerprint density at radius 3 is 2.53 bits per heavy atom. The smallest absolute Gasteiger partial charge is 0.119 e. The Kier molecular flexibility index (Phi) is 3.08. The highest BCUT2D eigenvalue weighted by Gasteiger charge is 2.44. The lowest BCUT2D eigenvalue weighted by atomic mass is 9.90. The zero-order chi connectivity index (χ0) is 10.7. The highest BCUT2D eigenvalue weighted by molar-refractivity contribution is 5.25. The lowest BCUT2D eigenvalue weighted by Crippen LogP contribution is -2.37. The molecule has 15 heavy (non-hydrogen) atoms. The molecule has 1 saturated carbocycles. The molecule has 2 heteroatoms. The minimum absolute atomic E-state index is 0.185. The van der Waals surface area contributed by atoms with Crippen LogP contribution in [-0.2, 0) is 15.1 Å². The van der Waals surface area contributed by atoms with Crippen LogP contribution in [0, 0.1) is 0 Å². The van der Waals surface area contributed by atoms with Crippen LogP contribution in [0.3, 0.4) is 0 Å². The summed E-state index contributed by atoms with van der Waals surface area (Å²) in [5.41, 5.74) is 1.01. The Morgan fingerprint density at radius 1 is 1.20 bits per heavy atom. The fourth-order valence-corrected chi connectivity index (χ4v) is 2.65. The molecule has 0 bridgehead atoms. The normalized spacial score (nSPS) is 30.7. The van der Waals surface area contributed by atoms with E-state index >= 15 is 0 Å². The summed E-state index contributed by atoms with van der Waals surface area (Å²) in [5.74, 6) is 0. The zero-order valence-electron chi connectivity index (χ0n) is 9.40. The van der Waals surface area contributed by atoms with Gasteiger partial charge in [0.25, 0.3) is 0 Å². The van der Waals surface area contributed by atoms with Crippen molar-refractivity contribution in [1.82, 2.24) is 0 Å². The van der Waals surface area contributed by atoms with Crippen LogP contribution < -0.4 is 0 Å². The Hall–Kier alpha value is -0.860. The predicted octanol–water partition coefficient (Wildman–Crippen LogP) is 2.73. The number of rotatable bonds is 3. The number of methoxy groups -OCH3 is 2. The maximum atomic E-state index is 5.76. The van der Waals surface area contributed by atoms with Gasteiger partial charge in [0.15, 0.2) is 0 Å². The standard InChI is InChI=1S/C13H18O2/c1-14-12-9-6-10-13(12,15-2)11-7-4-3-5-8-11/h3-5,7-8,12H,6,9-10H2,1-2H3. The molecule has 0 amide bonds. The van der Waals surface area contributed by atoms with E-state index < -0.39 is 0 Å². The van der Waals surface area contributed by atoms with Gasteiger partial charge in [-0.25, -0.2) is 0 Å². The maximum absolute atomic E-state index is 5.76. The lowest BCUT2D eigenvalue weighted by Gasteiger charge is -2.33. The Labute approximate surface area is 91.2 Å². The van der Waals surface area contributed by atoms with Crippen molar-refractivity contribution in [2.24, 2.45) is 0 Å². The highest BCUT2D eigenvalue weighted by Crippen LogP contribution is 2.43. The van der Waals surface area contributed by atoms with E-state index in [1.165, 1.54) is 12.0 Å². The molecule has 2 unspecified atom stereocenters. The summed E-state index contributed by atoms with van der Waals surface area (Å²) in [7, 11) is 3.55. The van der Waals surface area contributed by atoms with Gasteiger partial charge in [-0.15, -0.1) is 0 Å². The molecule has 0 heterocycles. The Morgan fingerprint density at radius 2 is 1.93 bits per heavy atom. The van der Waals surface area contributed by atoms with Crippen LogP contribution in [-0.4, -0.2) is 20.3 Å². The molecule has 2 rings (SSSR count). The van der Waals surface area contributed by atoms with Crippen LogP contribution in [0.15, 0.2) is 30.3 Å². The predicted molar refractivity (Wildman–Crippen MR) is 59.8 cm³/mol. The second kappa shape index (κ2) is 4.33. The summed E-state index contributed by atoms with van der Waals surface area (Å²) >= 11 is 0. The zero-order valence-corrected chi connectivity index (χ0v) is 9.40. The molecule has 1 aliphatic carbocycles. The van der Waals surface area contributed by atoms with Gasteiger partial charge in [-0.3, -0.25) is 0 Å². The third kappa shape index (κ3) is 1.68. The summed E-state index contributed by atoms with van der Waals surface area (Å²) in [6.07, 6.45) is 3.48. The molecule has 1 aromatic rings. The van der Waals surface area contributed by atoms with E-state index in [0.29, 0.717) is 0 Å². The quantitative estimate of drug-likeness (QED) is 0.757. The first-order valence-corrected chi connectivity index (χ1v) is 5.47. The third-order valence-electron chi connectivity index (χ3n) is 3.45. The van der Waals surface area contributed by atoms with Crippen LogP contribution in [0.1, 0.15) is 24.8 Å². The molecule has 0 radical (unpaired) electrons. The van der Waals surface area contributed by atoms with E-state index in [0.717, 1.165) is 12.8 Å². The van der Waals surface area contributed by atoms with Gasteiger partial charge >= 0.3 is 0 Å². The fourth-order valence-electron chi connectivity index (χ4n) is 2.65. The van der Waals surface area contributed by atoms with Crippen LogP contribution in [0.5, 0.6) is 0 Å². The van der Waals surface area contributed by atoms with Crippen molar-refractivity contribution in [3.8, 4) is 0 Å². The first kappa shape index (κ1) is 10.7. The van der Waals surface area contributed by atoms with Crippen LogP contribution >= 0.6 is 0 Å². The van der Waals surface area contributed by atoms with Crippen molar-refractivity contribution in [3.63, 3.8) is 0 Å². The van der Waals surface area contributed by atoms with Crippen molar-refractivity contribution < 1.29 is 9.47 Å². The van der Waals surface area contributed by atoms with Gasteiger partial charge in [0, 0.05) is 14.2 Å². The fraction of sp³-hybridized carbons (Fsp3) is 0.538. The molecule has 2 nitrogen and oxygen atoms in total. The number of hydrogen-bond acceptors (Lipinski definition) is 2. The first-order chi connectivity index (χ1) is 7.33. The van der Waals surface area contributed by atoms with Gasteiger partial charge in [0.1, 0.15) is 5.60 Å². The molecule has 0 N–H and O–H groups in total. The molecule has 1 aromatic carbocycles. The minimum atomic E-state index is -0.226. The van der Waals surface area contributed by atoms with Gasteiger partial charge in [-0.1, -0.05) is 30.3 Å². The number of benzene rings is 1. The second-order valence-corrected chi connectivity index (χ2v) is 4.08. The number of hydrogen-bond donors (Lipinski definition) is 0. The molecule has 0 saturated heterocycles. The molecule has 1 fully saturated rings. The van der Waals surface area contributed by atoms with Crippen molar-refractivity contribution in [2.75, 3.05) is 14.2 Å². The van der Waals surface area contributed by atoms with Crippen LogP contribution in [0.25, 0.3) is 0 Å². The van der Waals surface area contributed by atoms with E-state index in [4.69, 9.17) is 9.47 Å². The summed E-state index contributed by atoms with van der Waals surface area (Å²) in [5, 5.41) is 0. The highest BCUT2D eigenvalue weighted by atomic mass is 16.5. The maximum Gasteiger partial charge on any atom is 0.119 e. The second-order valence-electron chi connectivity index (χ2n) is 4.08. The van der Waals surface area contributed by atoms with Gasteiger partial charge in [0.2, 0.25) is 0 Å². The van der Waals surface area contributed by atoms with Crippen molar-refractivity contribution in [2.45, 2.75) is 31.0 Å². The summed E-state index contributed by atoms with van der Waals surface area (Å²) in [6, 6.07) is 10.4. The average molecular weight is 206 g/mol. The van der Waals surface area contributed by atoms with Crippen molar-refractivity contribution in [1.29, 1.82) is 0 Å². The molecular formula is C13H18O2. The Bertz CT molecular complexity index is 310. The molecule has 82 valence electrons. The van der Waals surface area contributed by atoms with Gasteiger partial charge in [0.05, 0.1) is 6.10 Å². The first-order valence-electron chi connectivity index (χ1n) is 5.47. The number of ether oxygens (including phenoxy) is 2. The third-order valence-corrected chi connectivity index (χ3v) is 3.45. The van der Waals surface area contributed by atoms with E-state index in [-0.39, 0.29) is 11.7 Å².